The van der Waals surface area contributed by atoms with E-state index in [0.29, 0.717) is 17.6 Å². The molecule has 4 nitrogen and oxygen atoms in total. The summed E-state index contributed by atoms with van der Waals surface area (Å²) in [5, 5.41) is 4.34. The van der Waals surface area contributed by atoms with Crippen molar-refractivity contribution in [2.45, 2.75) is 45.4 Å². The van der Waals surface area contributed by atoms with Crippen LogP contribution in [0.4, 0.5) is 0 Å². The first-order valence-electron chi connectivity index (χ1n) is 13.8. The zero-order valence-corrected chi connectivity index (χ0v) is 24.2. The van der Waals surface area contributed by atoms with Gasteiger partial charge in [0.05, 0.1) is 7.11 Å². The van der Waals surface area contributed by atoms with Crippen LogP contribution in [-0.4, -0.2) is 31.9 Å². The van der Waals surface area contributed by atoms with E-state index >= 15 is 0 Å². The molecule has 0 atom stereocenters. The molecule has 0 heterocycles. The summed E-state index contributed by atoms with van der Waals surface area (Å²) in [6.07, 6.45) is 6.96. The van der Waals surface area contributed by atoms with Crippen LogP contribution in [0.5, 0.6) is 0 Å². The van der Waals surface area contributed by atoms with Crippen molar-refractivity contribution in [3.05, 3.63) is 114 Å². The van der Waals surface area contributed by atoms with E-state index in [0.717, 1.165) is 38.3 Å². The topological polar surface area (TPSA) is 52.6 Å². The third-order valence-corrected chi connectivity index (χ3v) is 12.9. The molecular weight excluding hydrogens is 503 g/mol. The molecule has 1 aliphatic rings. The Bertz CT molecular complexity index is 1230. The Morgan fingerprint density at radius 1 is 0.564 bits per heavy atom. The Hall–Kier alpha value is -3.49. The molecule has 0 radical (unpaired) electrons. The number of rotatable bonds is 13. The number of allylic oxidation sites excluding steroid dienone is 2. The third-order valence-electron chi connectivity index (χ3n) is 7.87. The van der Waals surface area contributed by atoms with Gasteiger partial charge in [-0.2, -0.15) is 0 Å². The Kier molecular flexibility index (Phi) is 9.90. The number of unbranched alkanes of at least 4 members (excludes halogenated alkanes) is 4. The van der Waals surface area contributed by atoms with Gasteiger partial charge in [0.2, 0.25) is 0 Å². The fourth-order valence-corrected chi connectivity index (χ4v) is 10.7. The second kappa shape index (κ2) is 13.5. The summed E-state index contributed by atoms with van der Waals surface area (Å²) in [6, 6.07) is 33.1. The monoisotopic (exact) mass is 542 g/mol. The molecule has 0 fully saturated rings. The molecule has 5 heteroatoms. The molecule has 4 rings (SSSR count). The van der Waals surface area contributed by atoms with Gasteiger partial charge in [-0.3, -0.25) is 0 Å². The number of ketones is 2. The van der Waals surface area contributed by atoms with Crippen LogP contribution in [0.2, 0.25) is 0 Å². The van der Waals surface area contributed by atoms with Gasteiger partial charge in [0.1, 0.15) is 0 Å². The summed E-state index contributed by atoms with van der Waals surface area (Å²) >= 11 is 0. The molecule has 0 aliphatic heterocycles. The number of hydrogen-bond acceptors (Lipinski definition) is 4. The Balaban J connectivity index is 1.42. The number of carbonyl (C=O) groups is 2. The second-order valence-corrected chi connectivity index (χ2v) is 14.1. The summed E-state index contributed by atoms with van der Waals surface area (Å²) in [4.78, 5) is 25.5. The normalized spacial score (nSPS) is 14.5. The van der Waals surface area contributed by atoms with Crippen LogP contribution in [0, 0.1) is 0 Å². The maximum atomic E-state index is 12.9. The van der Waals surface area contributed by atoms with Crippen LogP contribution in [0.3, 0.4) is 0 Å². The summed E-state index contributed by atoms with van der Waals surface area (Å²) in [5.41, 5.74) is 1.03. The zero-order valence-electron chi connectivity index (χ0n) is 23.2. The first-order chi connectivity index (χ1) is 19.0. The van der Waals surface area contributed by atoms with Crippen molar-refractivity contribution in [1.82, 2.24) is 0 Å². The minimum atomic E-state index is -2.19. The van der Waals surface area contributed by atoms with Gasteiger partial charge < -0.3 is 0 Å². The van der Waals surface area contributed by atoms with Crippen LogP contribution in [0.15, 0.2) is 114 Å². The molecule has 0 spiro atoms. The molecule has 0 N–H and O–H groups in total. The first kappa shape index (κ1) is 28.5. The van der Waals surface area contributed by atoms with Crippen molar-refractivity contribution in [2.75, 3.05) is 20.4 Å². The van der Waals surface area contributed by atoms with Gasteiger partial charge in [0.15, 0.2) is 0 Å². The van der Waals surface area contributed by atoms with E-state index in [1.54, 1.807) is 6.92 Å². The van der Waals surface area contributed by atoms with Gasteiger partial charge >= 0.3 is 226 Å². The van der Waals surface area contributed by atoms with E-state index in [2.05, 4.69) is 91.0 Å². The fourth-order valence-electron chi connectivity index (χ4n) is 5.82. The van der Waals surface area contributed by atoms with Gasteiger partial charge in [-0.25, -0.2) is 0 Å². The standard InChI is InChI=1S/C34H39O4P/c1-26-30(32(36)34(38-3)33(37-2)31(26)35)24-16-5-4-6-17-25-39(27-18-10-7-11-19-27,28-20-12-8-13-21-28)29-22-14-9-15-23-29/h7-15,18-23,39H,4-6,16-17,24-25H2,1-3H3. The first-order valence-corrected chi connectivity index (χ1v) is 16.0. The molecular formula is C34H39O4P. The number of carbonyl (C=O) groups excluding carboxylic acids is 2. The molecule has 0 aromatic heterocycles. The number of benzene rings is 3. The predicted molar refractivity (Wildman–Crippen MR) is 163 cm³/mol. The van der Waals surface area contributed by atoms with Crippen molar-refractivity contribution in [3.63, 3.8) is 0 Å². The molecule has 0 amide bonds. The molecule has 0 bridgehead atoms. The predicted octanol–water partition coefficient (Wildman–Crippen LogP) is 6.03. The van der Waals surface area contributed by atoms with Crippen molar-refractivity contribution in [3.8, 4) is 0 Å². The van der Waals surface area contributed by atoms with E-state index in [-0.39, 0.29) is 23.1 Å². The number of hydrogen-bond donors (Lipinski definition) is 0. The van der Waals surface area contributed by atoms with Gasteiger partial charge in [-0.1, -0.05) is 0 Å². The molecule has 3 aromatic carbocycles. The average molecular weight is 543 g/mol. The Morgan fingerprint density at radius 3 is 1.44 bits per heavy atom. The van der Waals surface area contributed by atoms with E-state index in [9.17, 15) is 9.59 Å². The molecule has 204 valence electrons. The van der Waals surface area contributed by atoms with Gasteiger partial charge in [0.25, 0.3) is 0 Å². The number of Topliss-reactive ketones (excluding diaryl/α,β-unsaturated/α-hetero) is 2. The van der Waals surface area contributed by atoms with E-state index < -0.39 is 7.26 Å². The van der Waals surface area contributed by atoms with Crippen LogP contribution in [0.25, 0.3) is 0 Å². The minimum absolute atomic E-state index is 0.00616. The quantitative estimate of drug-likeness (QED) is 0.150. The third kappa shape index (κ3) is 6.07. The zero-order chi connectivity index (χ0) is 27.7. The van der Waals surface area contributed by atoms with Crippen molar-refractivity contribution in [1.29, 1.82) is 0 Å². The van der Waals surface area contributed by atoms with Crippen LogP contribution in [0.1, 0.15) is 45.4 Å². The van der Waals surface area contributed by atoms with Crippen LogP contribution < -0.4 is 15.9 Å². The van der Waals surface area contributed by atoms with Gasteiger partial charge in [-0.15, -0.1) is 0 Å². The van der Waals surface area contributed by atoms with Gasteiger partial charge in [-0.05, 0) is 0 Å². The molecule has 0 saturated heterocycles. The Labute approximate surface area is 233 Å². The Morgan fingerprint density at radius 2 is 0.974 bits per heavy atom. The van der Waals surface area contributed by atoms with Crippen LogP contribution >= 0.6 is 7.26 Å². The molecule has 3 aromatic rings. The maximum absolute atomic E-state index is 12.9. The molecule has 0 saturated carbocycles. The van der Waals surface area contributed by atoms with E-state index in [4.69, 9.17) is 9.47 Å². The summed E-state index contributed by atoms with van der Waals surface area (Å²) in [5.74, 6) is -0.456. The SMILES string of the molecule is COC1=C(OC)C(=O)C(CCCCCCC[PH](c2ccccc2)(c2ccccc2)c2ccccc2)=C(C)C1=O. The van der Waals surface area contributed by atoms with E-state index in [1.807, 2.05) is 0 Å². The summed E-state index contributed by atoms with van der Waals surface area (Å²) in [6.45, 7) is 1.71. The number of ether oxygens (including phenoxy) is 2. The molecule has 1 aliphatic carbocycles. The number of methoxy groups -OCH3 is 2. The fraction of sp³-hybridized carbons (Fsp3) is 0.294. The summed E-state index contributed by atoms with van der Waals surface area (Å²) in [7, 11) is 0.608. The van der Waals surface area contributed by atoms with Gasteiger partial charge in [0, 0.05) is 0 Å². The molecule has 39 heavy (non-hydrogen) atoms. The second-order valence-electron chi connectivity index (χ2n) is 10.1. The van der Waals surface area contributed by atoms with E-state index in [1.165, 1.54) is 30.1 Å². The molecule has 0 unspecified atom stereocenters. The van der Waals surface area contributed by atoms with Crippen LogP contribution in [-0.2, 0) is 19.1 Å². The summed E-state index contributed by atoms with van der Waals surface area (Å²) < 4.78 is 10.4. The average Bonchev–Trinajstić information content (AvgIpc) is 2.99. The van der Waals surface area contributed by atoms with Crippen molar-refractivity contribution >= 4 is 34.7 Å². The van der Waals surface area contributed by atoms with Crippen molar-refractivity contribution in [2.24, 2.45) is 0 Å². The van der Waals surface area contributed by atoms with Crippen molar-refractivity contribution < 1.29 is 19.1 Å².